The number of methoxy groups -OCH3 is 2. The topological polar surface area (TPSA) is 82.0 Å². The van der Waals surface area contributed by atoms with Gasteiger partial charge < -0.3 is 19.1 Å². The van der Waals surface area contributed by atoms with Gasteiger partial charge in [-0.1, -0.05) is 11.3 Å². The molecule has 0 radical (unpaired) electrons. The normalized spacial score (nSPS) is 17.8. The molecule has 36 heavy (non-hydrogen) atoms. The van der Waals surface area contributed by atoms with Gasteiger partial charge in [-0.2, -0.15) is 5.10 Å². The second-order valence-electron chi connectivity index (χ2n) is 9.28. The van der Waals surface area contributed by atoms with Crippen LogP contribution < -0.4 is 14.2 Å². The summed E-state index contributed by atoms with van der Waals surface area (Å²) in [4.78, 5) is 22.2. The summed E-state index contributed by atoms with van der Waals surface area (Å²) in [5.74, 6) is 1.42. The predicted molar refractivity (Wildman–Crippen MR) is 138 cm³/mol. The molecule has 2 aliphatic heterocycles. The summed E-state index contributed by atoms with van der Waals surface area (Å²) in [5, 5.41) is 7.33. The first-order valence-corrected chi connectivity index (χ1v) is 13.3. The Morgan fingerprint density at radius 3 is 2.47 bits per heavy atom. The number of likely N-dealkylation sites (tertiary alicyclic amines) is 2. The Hall–Kier alpha value is -3.11. The van der Waals surface area contributed by atoms with E-state index in [2.05, 4.69) is 15.0 Å². The molecule has 9 nitrogen and oxygen atoms in total. The van der Waals surface area contributed by atoms with Gasteiger partial charge in [0.1, 0.15) is 23.3 Å². The van der Waals surface area contributed by atoms with Gasteiger partial charge in [-0.25, -0.2) is 4.98 Å². The molecular formula is C26H33N5O4S. The highest BCUT2D eigenvalue weighted by Crippen LogP contribution is 2.33. The van der Waals surface area contributed by atoms with Crippen LogP contribution in [0.15, 0.2) is 35.8 Å². The SMILES string of the molecule is COc1ccc(OC)c(-c2cc(C(=O)N3CCC(N4CCC(Oc5nccs5)CC4)CC3)n(C)n2)c1. The Kier molecular flexibility index (Phi) is 7.43. The van der Waals surface area contributed by atoms with E-state index in [4.69, 9.17) is 14.2 Å². The second kappa shape index (κ2) is 10.9. The highest BCUT2D eigenvalue weighted by Gasteiger charge is 2.31. The Bertz CT molecular complexity index is 1170. The summed E-state index contributed by atoms with van der Waals surface area (Å²) >= 11 is 1.55. The molecule has 1 amide bonds. The highest BCUT2D eigenvalue weighted by molar-refractivity contribution is 7.11. The average molecular weight is 512 g/mol. The van der Waals surface area contributed by atoms with Crippen molar-refractivity contribution in [1.82, 2.24) is 24.6 Å². The molecule has 4 heterocycles. The maximum Gasteiger partial charge on any atom is 0.273 e. The third kappa shape index (κ3) is 5.19. The Labute approximate surface area is 215 Å². The van der Waals surface area contributed by atoms with E-state index in [0.717, 1.165) is 62.6 Å². The second-order valence-corrected chi connectivity index (χ2v) is 10.1. The molecule has 0 N–H and O–H groups in total. The van der Waals surface area contributed by atoms with Crippen LogP contribution in [-0.2, 0) is 7.05 Å². The molecule has 2 fully saturated rings. The fourth-order valence-corrected chi connectivity index (χ4v) is 5.73. The van der Waals surface area contributed by atoms with Crippen molar-refractivity contribution in [2.45, 2.75) is 37.8 Å². The highest BCUT2D eigenvalue weighted by atomic mass is 32.1. The predicted octanol–water partition coefficient (Wildman–Crippen LogP) is 3.71. The number of thiazole rings is 1. The van der Waals surface area contributed by atoms with Gasteiger partial charge in [-0.3, -0.25) is 14.4 Å². The van der Waals surface area contributed by atoms with Gasteiger partial charge in [0.15, 0.2) is 0 Å². The first-order chi connectivity index (χ1) is 17.6. The van der Waals surface area contributed by atoms with Crippen LogP contribution in [0, 0.1) is 0 Å². The van der Waals surface area contributed by atoms with Gasteiger partial charge in [-0.15, -0.1) is 0 Å². The van der Waals surface area contributed by atoms with Crippen molar-refractivity contribution in [2.24, 2.45) is 7.05 Å². The van der Waals surface area contributed by atoms with Gasteiger partial charge in [-0.05, 0) is 49.9 Å². The quantitative estimate of drug-likeness (QED) is 0.478. The van der Waals surface area contributed by atoms with Gasteiger partial charge in [0.2, 0.25) is 0 Å². The van der Waals surface area contributed by atoms with Crippen molar-refractivity contribution in [2.75, 3.05) is 40.4 Å². The monoisotopic (exact) mass is 511 g/mol. The number of aryl methyl sites for hydroxylation is 1. The molecule has 0 atom stereocenters. The number of ether oxygens (including phenoxy) is 3. The number of hydrogen-bond acceptors (Lipinski definition) is 8. The lowest BCUT2D eigenvalue weighted by Crippen LogP contribution is -2.50. The summed E-state index contributed by atoms with van der Waals surface area (Å²) in [6.45, 7) is 3.56. The molecule has 0 saturated carbocycles. The van der Waals surface area contributed by atoms with E-state index >= 15 is 0 Å². The summed E-state index contributed by atoms with van der Waals surface area (Å²) in [5.41, 5.74) is 2.07. The molecule has 1 aromatic carbocycles. The average Bonchev–Trinajstić information content (AvgIpc) is 3.58. The van der Waals surface area contributed by atoms with Gasteiger partial charge in [0.05, 0.1) is 19.9 Å². The van der Waals surface area contributed by atoms with Gasteiger partial charge in [0.25, 0.3) is 11.1 Å². The number of carbonyl (C=O) groups excluding carboxylic acids is 1. The van der Waals surface area contributed by atoms with E-state index < -0.39 is 0 Å². The maximum absolute atomic E-state index is 13.4. The lowest BCUT2D eigenvalue weighted by Gasteiger charge is -2.41. The molecule has 192 valence electrons. The van der Waals surface area contributed by atoms with Crippen molar-refractivity contribution in [3.63, 3.8) is 0 Å². The molecule has 2 aliphatic rings. The van der Waals surface area contributed by atoms with Crippen molar-refractivity contribution >= 4 is 17.2 Å². The van der Waals surface area contributed by atoms with Crippen LogP contribution in [0.25, 0.3) is 11.3 Å². The number of carbonyl (C=O) groups is 1. The van der Waals surface area contributed by atoms with Crippen molar-refractivity contribution in [3.05, 3.63) is 41.5 Å². The molecule has 2 saturated heterocycles. The van der Waals surface area contributed by atoms with Crippen molar-refractivity contribution in [3.8, 4) is 28.0 Å². The van der Waals surface area contributed by atoms with E-state index in [1.54, 1.807) is 36.4 Å². The Balaban J connectivity index is 1.18. The molecule has 0 unspecified atom stereocenters. The van der Waals surface area contributed by atoms with Gasteiger partial charge >= 0.3 is 0 Å². The summed E-state index contributed by atoms with van der Waals surface area (Å²) in [6.07, 6.45) is 6.04. The lowest BCUT2D eigenvalue weighted by molar-refractivity contribution is 0.0420. The number of nitrogens with zero attached hydrogens (tertiary/aromatic N) is 5. The molecule has 5 rings (SSSR count). The zero-order valence-corrected chi connectivity index (χ0v) is 21.9. The fourth-order valence-electron chi connectivity index (χ4n) is 5.18. The molecule has 0 bridgehead atoms. The lowest BCUT2D eigenvalue weighted by atomic mass is 9.98. The number of piperidine rings is 2. The minimum atomic E-state index is 0.0205. The number of benzene rings is 1. The van der Waals surface area contributed by atoms with Crippen LogP contribution in [0.1, 0.15) is 36.2 Å². The van der Waals surface area contributed by atoms with E-state index in [1.807, 2.05) is 41.6 Å². The van der Waals surface area contributed by atoms with Crippen LogP contribution in [0.2, 0.25) is 0 Å². The first-order valence-electron chi connectivity index (χ1n) is 12.4. The molecule has 0 spiro atoms. The maximum atomic E-state index is 13.4. The Morgan fingerprint density at radius 2 is 1.81 bits per heavy atom. The van der Waals surface area contributed by atoms with E-state index in [-0.39, 0.29) is 12.0 Å². The van der Waals surface area contributed by atoms with Crippen LogP contribution in [-0.4, -0.2) is 83.0 Å². The first kappa shape index (κ1) is 24.6. The third-order valence-corrected chi connectivity index (χ3v) is 7.86. The molecular weight excluding hydrogens is 478 g/mol. The molecule has 10 heteroatoms. The molecule has 0 aliphatic carbocycles. The van der Waals surface area contributed by atoms with E-state index in [1.165, 1.54) is 0 Å². The van der Waals surface area contributed by atoms with Crippen LogP contribution >= 0.6 is 11.3 Å². The van der Waals surface area contributed by atoms with Crippen molar-refractivity contribution in [1.29, 1.82) is 0 Å². The largest absolute Gasteiger partial charge is 0.497 e. The van der Waals surface area contributed by atoms with Crippen LogP contribution in [0.3, 0.4) is 0 Å². The van der Waals surface area contributed by atoms with E-state index in [0.29, 0.717) is 28.9 Å². The summed E-state index contributed by atoms with van der Waals surface area (Å²) < 4.78 is 18.5. The van der Waals surface area contributed by atoms with Crippen LogP contribution in [0.5, 0.6) is 16.7 Å². The van der Waals surface area contributed by atoms with Gasteiger partial charge in [0, 0.05) is 56.4 Å². The number of hydrogen-bond donors (Lipinski definition) is 0. The summed E-state index contributed by atoms with van der Waals surface area (Å²) in [6, 6.07) is 7.93. The minimum Gasteiger partial charge on any atom is -0.497 e. The van der Waals surface area contributed by atoms with E-state index in [9.17, 15) is 4.79 Å². The number of amides is 1. The smallest absolute Gasteiger partial charge is 0.273 e. The van der Waals surface area contributed by atoms with Crippen LogP contribution in [0.4, 0.5) is 0 Å². The minimum absolute atomic E-state index is 0.0205. The fraction of sp³-hybridized carbons (Fsp3) is 0.500. The Morgan fingerprint density at radius 1 is 1.03 bits per heavy atom. The standard InChI is InChI=1S/C26H33N5O4S/c1-29-23(17-22(28-29)21-16-20(33-2)4-5-24(21)34-3)25(32)31-11-6-18(7-12-31)30-13-8-19(9-14-30)35-26-27-10-15-36-26/h4-5,10,15-19H,6-9,11-14H2,1-3H3. The summed E-state index contributed by atoms with van der Waals surface area (Å²) in [7, 11) is 5.07. The molecule has 3 aromatic rings. The zero-order chi connectivity index (χ0) is 25.1. The number of aromatic nitrogens is 3. The zero-order valence-electron chi connectivity index (χ0n) is 21.1. The van der Waals surface area contributed by atoms with Crippen molar-refractivity contribution < 1.29 is 19.0 Å². The molecule has 2 aromatic heterocycles. The third-order valence-electron chi connectivity index (χ3n) is 7.20. The number of rotatable bonds is 7.